The van der Waals surface area contributed by atoms with Crippen molar-refractivity contribution in [1.29, 1.82) is 0 Å². The second-order valence-corrected chi connectivity index (χ2v) is 7.05. The summed E-state index contributed by atoms with van der Waals surface area (Å²) in [6.07, 6.45) is 2.47. The highest BCUT2D eigenvalue weighted by molar-refractivity contribution is 5.83. The van der Waals surface area contributed by atoms with Crippen LogP contribution < -0.4 is 15.4 Å². The highest BCUT2D eigenvalue weighted by Crippen LogP contribution is 2.26. The number of carbonyl (C=O) groups is 2. The van der Waals surface area contributed by atoms with Crippen LogP contribution in [-0.2, 0) is 14.3 Å². The molecule has 2 atom stereocenters. The molecule has 27 heavy (non-hydrogen) atoms. The van der Waals surface area contributed by atoms with E-state index in [0.29, 0.717) is 31.3 Å². The second-order valence-electron chi connectivity index (χ2n) is 7.05. The number of ether oxygens (including phenoxy) is 2. The van der Waals surface area contributed by atoms with Gasteiger partial charge in [0.25, 0.3) is 5.91 Å². The monoisotopic (exact) mass is 375 g/mol. The summed E-state index contributed by atoms with van der Waals surface area (Å²) in [6.45, 7) is 4.65. The Morgan fingerprint density at radius 2 is 1.96 bits per heavy atom. The fourth-order valence-corrected chi connectivity index (χ4v) is 3.87. The first-order valence-electron chi connectivity index (χ1n) is 9.75. The van der Waals surface area contributed by atoms with Crippen LogP contribution in [0, 0.1) is 0 Å². The zero-order valence-corrected chi connectivity index (χ0v) is 15.9. The van der Waals surface area contributed by atoms with Crippen LogP contribution in [0.2, 0.25) is 0 Å². The normalized spacial score (nSPS) is 23.7. The second kappa shape index (κ2) is 9.71. The van der Waals surface area contributed by atoms with Crippen LogP contribution in [0.4, 0.5) is 0 Å². The maximum atomic E-state index is 12.5. The van der Waals surface area contributed by atoms with Crippen molar-refractivity contribution in [2.75, 3.05) is 32.9 Å². The van der Waals surface area contributed by atoms with Gasteiger partial charge in [0.2, 0.25) is 5.91 Å². The molecule has 0 radical (unpaired) electrons. The summed E-state index contributed by atoms with van der Waals surface area (Å²) in [5.74, 6) is 0.553. The number of benzene rings is 1. The van der Waals surface area contributed by atoms with E-state index in [1.807, 2.05) is 37.3 Å². The third kappa shape index (κ3) is 5.43. The number of rotatable bonds is 7. The maximum absolute atomic E-state index is 12.5. The summed E-state index contributed by atoms with van der Waals surface area (Å²) >= 11 is 0. The van der Waals surface area contributed by atoms with Crippen LogP contribution in [0.25, 0.3) is 0 Å². The third-order valence-corrected chi connectivity index (χ3v) is 5.13. The fourth-order valence-electron chi connectivity index (χ4n) is 3.87. The van der Waals surface area contributed by atoms with Crippen molar-refractivity contribution in [3.8, 4) is 5.75 Å². The van der Waals surface area contributed by atoms with Crippen molar-refractivity contribution in [2.24, 2.45) is 0 Å². The molecular weight excluding hydrogens is 346 g/mol. The van der Waals surface area contributed by atoms with Crippen molar-refractivity contribution in [3.05, 3.63) is 30.3 Å². The van der Waals surface area contributed by atoms with Gasteiger partial charge in [-0.25, -0.2) is 0 Å². The van der Waals surface area contributed by atoms with E-state index in [1.54, 1.807) is 0 Å². The first kappa shape index (κ1) is 19.6. The summed E-state index contributed by atoms with van der Waals surface area (Å²) < 4.78 is 11.0. The number of hydrogen-bond acceptors (Lipinski definition) is 5. The molecule has 2 heterocycles. The van der Waals surface area contributed by atoms with E-state index in [4.69, 9.17) is 9.47 Å². The topological polar surface area (TPSA) is 79.9 Å². The number of hydrogen-bond donors (Lipinski definition) is 2. The average molecular weight is 375 g/mol. The minimum atomic E-state index is -0.201. The standard InChI is InChI=1S/C20H29N3O4/c1-2-21-20(25)18-12-15(13-23(18)16-8-10-26-11-9-16)22-19(24)14-27-17-6-4-3-5-7-17/h3-7,15-16,18H,2,8-14H2,1H3,(H,21,25)(H,22,24)/t15-,18-/m0/s1. The summed E-state index contributed by atoms with van der Waals surface area (Å²) in [4.78, 5) is 27.0. The lowest BCUT2D eigenvalue weighted by molar-refractivity contribution is -0.127. The molecule has 2 N–H and O–H groups in total. The first-order chi connectivity index (χ1) is 13.2. The molecule has 7 nitrogen and oxygen atoms in total. The van der Waals surface area contributed by atoms with Crippen LogP contribution >= 0.6 is 0 Å². The first-order valence-corrected chi connectivity index (χ1v) is 9.75. The number of nitrogens with zero attached hydrogens (tertiary/aromatic N) is 1. The molecule has 148 valence electrons. The zero-order valence-electron chi connectivity index (χ0n) is 15.9. The molecule has 1 aromatic carbocycles. The average Bonchev–Trinajstić information content (AvgIpc) is 3.12. The van der Waals surface area contributed by atoms with Crippen LogP contribution in [0.15, 0.2) is 30.3 Å². The van der Waals surface area contributed by atoms with E-state index in [1.165, 1.54) is 0 Å². The number of carbonyl (C=O) groups excluding carboxylic acids is 2. The number of nitrogens with one attached hydrogen (secondary N) is 2. The molecule has 0 spiro atoms. The van der Waals surface area contributed by atoms with Gasteiger partial charge >= 0.3 is 0 Å². The van der Waals surface area contributed by atoms with Gasteiger partial charge in [0.15, 0.2) is 6.61 Å². The SMILES string of the molecule is CCNC(=O)[C@@H]1C[C@H](NC(=O)COc2ccccc2)CN1C1CCOCC1. The van der Waals surface area contributed by atoms with Crippen molar-refractivity contribution in [2.45, 2.75) is 44.3 Å². The van der Waals surface area contributed by atoms with Crippen molar-refractivity contribution in [1.82, 2.24) is 15.5 Å². The maximum Gasteiger partial charge on any atom is 0.258 e. The Morgan fingerprint density at radius 3 is 2.67 bits per heavy atom. The molecule has 0 aliphatic carbocycles. The highest BCUT2D eigenvalue weighted by atomic mass is 16.5. The lowest BCUT2D eigenvalue weighted by atomic mass is 10.1. The van der Waals surface area contributed by atoms with Crippen LogP contribution in [0.5, 0.6) is 5.75 Å². The molecule has 0 bridgehead atoms. The predicted octanol–water partition coefficient (Wildman–Crippen LogP) is 0.940. The quantitative estimate of drug-likeness (QED) is 0.741. The number of para-hydroxylation sites is 1. The van der Waals surface area contributed by atoms with Gasteiger partial charge in [0, 0.05) is 38.4 Å². The summed E-state index contributed by atoms with van der Waals surface area (Å²) in [6, 6.07) is 9.36. The molecule has 0 aromatic heterocycles. The highest BCUT2D eigenvalue weighted by Gasteiger charge is 2.41. The Kier molecular flexibility index (Phi) is 7.06. The van der Waals surface area contributed by atoms with Crippen molar-refractivity contribution >= 4 is 11.8 Å². The molecule has 2 aliphatic rings. The summed E-state index contributed by atoms with van der Waals surface area (Å²) in [7, 11) is 0. The Labute approximate surface area is 160 Å². The molecule has 0 saturated carbocycles. The van der Waals surface area contributed by atoms with Crippen molar-refractivity contribution in [3.63, 3.8) is 0 Å². The molecule has 1 aromatic rings. The van der Waals surface area contributed by atoms with Gasteiger partial charge in [-0.15, -0.1) is 0 Å². The number of amides is 2. The van der Waals surface area contributed by atoms with Crippen LogP contribution in [0.3, 0.4) is 0 Å². The minimum Gasteiger partial charge on any atom is -0.484 e. The predicted molar refractivity (Wildman–Crippen MR) is 102 cm³/mol. The van der Waals surface area contributed by atoms with E-state index in [0.717, 1.165) is 26.1 Å². The van der Waals surface area contributed by atoms with E-state index in [-0.39, 0.29) is 30.5 Å². The van der Waals surface area contributed by atoms with E-state index < -0.39 is 0 Å². The third-order valence-electron chi connectivity index (χ3n) is 5.13. The molecule has 2 aliphatic heterocycles. The Bertz CT molecular complexity index is 619. The van der Waals surface area contributed by atoms with Gasteiger partial charge in [-0.1, -0.05) is 18.2 Å². The lowest BCUT2D eigenvalue weighted by Gasteiger charge is -2.34. The molecule has 7 heteroatoms. The minimum absolute atomic E-state index is 0.0242. The zero-order chi connectivity index (χ0) is 19.1. The fraction of sp³-hybridized carbons (Fsp3) is 0.600. The van der Waals surface area contributed by atoms with Crippen LogP contribution in [-0.4, -0.2) is 67.7 Å². The Morgan fingerprint density at radius 1 is 1.22 bits per heavy atom. The molecule has 2 saturated heterocycles. The van der Waals surface area contributed by atoms with E-state index in [9.17, 15) is 9.59 Å². The van der Waals surface area contributed by atoms with Gasteiger partial charge in [-0.05, 0) is 38.3 Å². The Hall–Kier alpha value is -2.12. The van der Waals surface area contributed by atoms with Gasteiger partial charge in [0.1, 0.15) is 5.75 Å². The van der Waals surface area contributed by atoms with Gasteiger partial charge in [-0.3, -0.25) is 14.5 Å². The smallest absolute Gasteiger partial charge is 0.258 e. The number of likely N-dealkylation sites (N-methyl/N-ethyl adjacent to an activating group) is 1. The molecule has 2 amide bonds. The van der Waals surface area contributed by atoms with Crippen molar-refractivity contribution < 1.29 is 19.1 Å². The molecular formula is C20H29N3O4. The summed E-state index contributed by atoms with van der Waals surface area (Å²) in [5.41, 5.74) is 0. The molecule has 2 fully saturated rings. The molecule has 3 rings (SSSR count). The van der Waals surface area contributed by atoms with Crippen LogP contribution in [0.1, 0.15) is 26.2 Å². The van der Waals surface area contributed by atoms with E-state index in [2.05, 4.69) is 15.5 Å². The Balaban J connectivity index is 1.55. The van der Waals surface area contributed by atoms with Gasteiger partial charge < -0.3 is 20.1 Å². The lowest BCUT2D eigenvalue weighted by Crippen LogP contribution is -2.49. The largest absolute Gasteiger partial charge is 0.484 e. The number of likely N-dealkylation sites (tertiary alicyclic amines) is 1. The van der Waals surface area contributed by atoms with E-state index >= 15 is 0 Å². The van der Waals surface area contributed by atoms with Gasteiger partial charge in [-0.2, -0.15) is 0 Å². The van der Waals surface area contributed by atoms with Gasteiger partial charge in [0.05, 0.1) is 6.04 Å². The summed E-state index contributed by atoms with van der Waals surface area (Å²) in [5, 5.41) is 5.96. The molecule has 0 unspecified atom stereocenters.